The topological polar surface area (TPSA) is 95.0 Å². The van der Waals surface area contributed by atoms with Crippen molar-refractivity contribution in [2.75, 3.05) is 7.11 Å². The molecule has 7 heteroatoms. The number of carbonyl (C=O) groups excluding carboxylic acids is 1. The SMILES string of the molecule is COc1ccc2c(O[C@H]3CC(C(=O)OC(C)(C)C)[C@H](C(=O)O)C3)cc(-c3ccccc3)nc2c1. The molecule has 1 heterocycles. The lowest BCUT2D eigenvalue weighted by atomic mass is 9.96. The number of ether oxygens (including phenoxy) is 3. The van der Waals surface area contributed by atoms with Gasteiger partial charge >= 0.3 is 11.9 Å². The lowest BCUT2D eigenvalue weighted by Crippen LogP contribution is -2.32. The Morgan fingerprint density at radius 2 is 1.71 bits per heavy atom. The Morgan fingerprint density at radius 1 is 1.00 bits per heavy atom. The Morgan fingerprint density at radius 3 is 2.35 bits per heavy atom. The Labute approximate surface area is 198 Å². The fourth-order valence-corrected chi connectivity index (χ4v) is 4.34. The van der Waals surface area contributed by atoms with Crippen LogP contribution in [0.2, 0.25) is 0 Å². The number of benzene rings is 2. The van der Waals surface area contributed by atoms with Gasteiger partial charge in [-0.3, -0.25) is 9.59 Å². The highest BCUT2D eigenvalue weighted by Crippen LogP contribution is 2.39. The molecule has 0 amide bonds. The molecule has 0 aliphatic heterocycles. The van der Waals surface area contributed by atoms with Crippen molar-refractivity contribution >= 4 is 22.8 Å². The van der Waals surface area contributed by atoms with Crippen molar-refractivity contribution in [3.8, 4) is 22.8 Å². The van der Waals surface area contributed by atoms with Crippen molar-refractivity contribution in [2.24, 2.45) is 11.8 Å². The van der Waals surface area contributed by atoms with E-state index in [1.165, 1.54) is 0 Å². The number of hydrogen-bond acceptors (Lipinski definition) is 6. The van der Waals surface area contributed by atoms with E-state index >= 15 is 0 Å². The van der Waals surface area contributed by atoms with Crippen LogP contribution in [0.3, 0.4) is 0 Å². The van der Waals surface area contributed by atoms with Gasteiger partial charge in [-0.25, -0.2) is 4.98 Å². The molecule has 3 aromatic rings. The summed E-state index contributed by atoms with van der Waals surface area (Å²) in [5.41, 5.74) is 1.67. The highest BCUT2D eigenvalue weighted by molar-refractivity contribution is 5.89. The van der Waals surface area contributed by atoms with Gasteiger partial charge in [0.1, 0.15) is 23.2 Å². The van der Waals surface area contributed by atoms with Gasteiger partial charge in [-0.2, -0.15) is 0 Å². The van der Waals surface area contributed by atoms with Crippen LogP contribution < -0.4 is 9.47 Å². The average molecular weight is 464 g/mol. The molecule has 0 saturated heterocycles. The van der Waals surface area contributed by atoms with Crippen LogP contribution in [0.4, 0.5) is 0 Å². The number of hydrogen-bond donors (Lipinski definition) is 1. The summed E-state index contributed by atoms with van der Waals surface area (Å²) in [7, 11) is 1.60. The van der Waals surface area contributed by atoms with Gasteiger partial charge in [-0.1, -0.05) is 30.3 Å². The minimum Gasteiger partial charge on any atom is -0.497 e. The monoisotopic (exact) mass is 463 g/mol. The number of nitrogens with zero attached hydrogens (tertiary/aromatic N) is 1. The zero-order valence-electron chi connectivity index (χ0n) is 19.8. The van der Waals surface area contributed by atoms with E-state index in [-0.39, 0.29) is 12.8 Å². The van der Waals surface area contributed by atoms with Gasteiger partial charge in [0.2, 0.25) is 0 Å². The Balaban J connectivity index is 1.68. The normalized spacial score (nSPS) is 20.2. The van der Waals surface area contributed by atoms with Gasteiger partial charge < -0.3 is 19.3 Å². The third kappa shape index (κ3) is 5.14. The van der Waals surface area contributed by atoms with E-state index in [1.807, 2.05) is 54.6 Å². The van der Waals surface area contributed by atoms with Gasteiger partial charge in [0.25, 0.3) is 0 Å². The molecule has 1 unspecified atom stereocenters. The van der Waals surface area contributed by atoms with Crippen molar-refractivity contribution in [1.29, 1.82) is 0 Å². The van der Waals surface area contributed by atoms with Gasteiger partial charge in [0.15, 0.2) is 0 Å². The molecule has 1 aliphatic carbocycles. The highest BCUT2D eigenvalue weighted by atomic mass is 16.6. The van der Waals surface area contributed by atoms with Crippen LogP contribution >= 0.6 is 0 Å². The molecule has 0 radical (unpaired) electrons. The first kappa shape index (κ1) is 23.5. The fourth-order valence-electron chi connectivity index (χ4n) is 4.34. The number of fused-ring (bicyclic) bond motifs is 1. The first-order valence-corrected chi connectivity index (χ1v) is 11.3. The van der Waals surface area contributed by atoms with E-state index in [1.54, 1.807) is 27.9 Å². The van der Waals surface area contributed by atoms with Crippen molar-refractivity contribution < 1.29 is 28.9 Å². The number of carbonyl (C=O) groups is 2. The molecule has 3 atom stereocenters. The second-order valence-corrected chi connectivity index (χ2v) is 9.55. The van der Waals surface area contributed by atoms with E-state index in [0.717, 1.165) is 16.6 Å². The first-order chi connectivity index (χ1) is 16.1. The maximum Gasteiger partial charge on any atom is 0.310 e. The molecule has 1 aromatic heterocycles. The number of esters is 1. The lowest BCUT2D eigenvalue weighted by Gasteiger charge is -2.23. The summed E-state index contributed by atoms with van der Waals surface area (Å²) in [4.78, 5) is 29.4. The molecule has 4 rings (SSSR count). The second kappa shape index (κ2) is 9.33. The van der Waals surface area contributed by atoms with Crippen LogP contribution in [0.5, 0.6) is 11.5 Å². The minimum absolute atomic E-state index is 0.222. The second-order valence-electron chi connectivity index (χ2n) is 9.55. The van der Waals surface area contributed by atoms with E-state index in [0.29, 0.717) is 17.0 Å². The Kier molecular flexibility index (Phi) is 6.46. The zero-order chi connectivity index (χ0) is 24.5. The number of aliphatic carboxylic acids is 1. The van der Waals surface area contributed by atoms with Gasteiger partial charge in [0.05, 0.1) is 30.2 Å². The largest absolute Gasteiger partial charge is 0.497 e. The van der Waals surface area contributed by atoms with E-state index in [2.05, 4.69) is 0 Å². The average Bonchev–Trinajstić information content (AvgIpc) is 3.22. The molecular formula is C27H29NO6. The van der Waals surface area contributed by atoms with Gasteiger partial charge in [-0.15, -0.1) is 0 Å². The zero-order valence-corrected chi connectivity index (χ0v) is 19.8. The molecule has 34 heavy (non-hydrogen) atoms. The van der Waals surface area contributed by atoms with Gasteiger partial charge in [0, 0.05) is 23.1 Å². The highest BCUT2D eigenvalue weighted by Gasteiger charge is 2.45. The summed E-state index contributed by atoms with van der Waals surface area (Å²) in [6.07, 6.45) is 0.0433. The summed E-state index contributed by atoms with van der Waals surface area (Å²) in [6, 6.07) is 17.1. The van der Waals surface area contributed by atoms with Crippen LogP contribution in [-0.4, -0.2) is 40.8 Å². The van der Waals surface area contributed by atoms with Crippen LogP contribution in [0.1, 0.15) is 33.6 Å². The molecular weight excluding hydrogens is 434 g/mol. The van der Waals surface area contributed by atoms with Crippen molar-refractivity contribution in [2.45, 2.75) is 45.3 Å². The van der Waals surface area contributed by atoms with Crippen molar-refractivity contribution in [3.63, 3.8) is 0 Å². The number of rotatable bonds is 6. The maximum absolute atomic E-state index is 12.7. The predicted molar refractivity (Wildman–Crippen MR) is 128 cm³/mol. The number of carboxylic acid groups (broad SMARTS) is 1. The number of aromatic nitrogens is 1. The van der Waals surface area contributed by atoms with Crippen LogP contribution in [0.15, 0.2) is 54.6 Å². The summed E-state index contributed by atoms with van der Waals surface area (Å²) < 4.78 is 17.2. The van der Waals surface area contributed by atoms with Crippen LogP contribution in [-0.2, 0) is 14.3 Å². The predicted octanol–water partition coefficient (Wildman–Crippen LogP) is 5.11. The van der Waals surface area contributed by atoms with Crippen LogP contribution in [0, 0.1) is 11.8 Å². The summed E-state index contributed by atoms with van der Waals surface area (Å²) in [5.74, 6) is -1.87. The first-order valence-electron chi connectivity index (χ1n) is 11.3. The quantitative estimate of drug-likeness (QED) is 0.508. The molecule has 1 N–H and O–H groups in total. The number of pyridine rings is 1. The minimum atomic E-state index is -1.02. The summed E-state index contributed by atoms with van der Waals surface area (Å²) >= 11 is 0. The van der Waals surface area contributed by atoms with Crippen molar-refractivity contribution in [3.05, 3.63) is 54.6 Å². The molecule has 7 nitrogen and oxygen atoms in total. The Hall–Kier alpha value is -3.61. The molecule has 1 fully saturated rings. The van der Waals surface area contributed by atoms with Crippen molar-refractivity contribution in [1.82, 2.24) is 4.98 Å². The lowest BCUT2D eigenvalue weighted by molar-refractivity contribution is -0.165. The summed E-state index contributed by atoms with van der Waals surface area (Å²) in [6.45, 7) is 5.31. The molecule has 1 aliphatic rings. The van der Waals surface area contributed by atoms with E-state index < -0.39 is 35.5 Å². The third-order valence-corrected chi connectivity index (χ3v) is 5.89. The Bertz CT molecular complexity index is 1200. The third-order valence-electron chi connectivity index (χ3n) is 5.89. The van der Waals surface area contributed by atoms with E-state index in [9.17, 15) is 14.7 Å². The van der Waals surface area contributed by atoms with Crippen LogP contribution in [0.25, 0.3) is 22.2 Å². The number of carboxylic acids is 1. The van der Waals surface area contributed by atoms with Gasteiger partial charge in [-0.05, 0) is 45.7 Å². The molecule has 2 aromatic carbocycles. The standard InChI is InChI=1S/C27H29NO6/c1-27(2,3)34-26(31)21-13-18(12-20(21)25(29)30)33-24-15-22(16-8-6-5-7-9-16)28-23-14-17(32-4)10-11-19(23)24/h5-11,14-15,18,20-21H,12-13H2,1-4H3,(H,29,30)/t18-,20-,21?/m1/s1. The molecule has 0 spiro atoms. The summed E-state index contributed by atoms with van der Waals surface area (Å²) in [5, 5.41) is 10.5. The number of methoxy groups -OCH3 is 1. The smallest absolute Gasteiger partial charge is 0.310 e. The van der Waals surface area contributed by atoms with E-state index in [4.69, 9.17) is 19.2 Å². The molecule has 178 valence electrons. The fraction of sp³-hybridized carbons (Fsp3) is 0.370. The maximum atomic E-state index is 12.7. The molecule has 0 bridgehead atoms. The molecule has 1 saturated carbocycles.